The first kappa shape index (κ1) is 21.9. The molecular formula is C19H29IN4S. The van der Waals surface area contributed by atoms with E-state index in [0.29, 0.717) is 13.1 Å². The molecular weight excluding hydrogens is 443 g/mol. The van der Waals surface area contributed by atoms with Crippen LogP contribution < -0.4 is 10.6 Å². The molecule has 0 amide bonds. The van der Waals surface area contributed by atoms with E-state index in [4.69, 9.17) is 4.98 Å². The molecule has 4 nitrogen and oxygen atoms in total. The maximum atomic E-state index is 4.72. The van der Waals surface area contributed by atoms with Gasteiger partial charge in [0.05, 0.1) is 23.8 Å². The number of nitrogens with zero attached hydrogens (tertiary/aromatic N) is 2. The number of aryl methyl sites for hydroxylation is 1. The number of guanidine groups is 1. The molecule has 1 aromatic heterocycles. The quantitative estimate of drug-likeness (QED) is 0.379. The molecule has 0 atom stereocenters. The van der Waals surface area contributed by atoms with Gasteiger partial charge < -0.3 is 10.6 Å². The molecule has 0 spiro atoms. The Morgan fingerprint density at radius 3 is 2.52 bits per heavy atom. The minimum atomic E-state index is 0. The van der Waals surface area contributed by atoms with Gasteiger partial charge in [0.15, 0.2) is 5.96 Å². The zero-order valence-electron chi connectivity index (χ0n) is 15.7. The van der Waals surface area contributed by atoms with E-state index in [1.165, 1.54) is 16.1 Å². The topological polar surface area (TPSA) is 49.3 Å². The minimum Gasteiger partial charge on any atom is -0.357 e. The Labute approximate surface area is 172 Å². The van der Waals surface area contributed by atoms with Crippen molar-refractivity contribution in [3.8, 4) is 0 Å². The van der Waals surface area contributed by atoms with Gasteiger partial charge in [-0.3, -0.25) is 0 Å². The summed E-state index contributed by atoms with van der Waals surface area (Å²) in [5.74, 6) is 0.825. The van der Waals surface area contributed by atoms with Crippen LogP contribution in [0.15, 0.2) is 34.6 Å². The highest BCUT2D eigenvalue weighted by atomic mass is 127. The summed E-state index contributed by atoms with van der Waals surface area (Å²) in [6, 6.07) is 8.36. The summed E-state index contributed by atoms with van der Waals surface area (Å²) in [5, 5.41) is 9.96. The highest BCUT2D eigenvalue weighted by molar-refractivity contribution is 14.0. The standard InChI is InChI=1S/C19H28N4S.HI/c1-6-20-18(21-11-15-10-8-7-9-14(15)2)22-12-16-13-24-17(23-16)19(3,4)5;/h7-10,13H,6,11-12H2,1-5H3,(H2,20,21,22);1H. The van der Waals surface area contributed by atoms with E-state index in [2.05, 4.69) is 79.9 Å². The summed E-state index contributed by atoms with van der Waals surface area (Å²) in [6.07, 6.45) is 0. The van der Waals surface area contributed by atoms with E-state index in [9.17, 15) is 0 Å². The number of aliphatic imine (C=N–C) groups is 1. The van der Waals surface area contributed by atoms with Crippen molar-refractivity contribution in [2.45, 2.75) is 53.1 Å². The summed E-state index contributed by atoms with van der Waals surface area (Å²) in [5.41, 5.74) is 3.68. The molecule has 0 fully saturated rings. The van der Waals surface area contributed by atoms with Crippen LogP contribution in [0.3, 0.4) is 0 Å². The van der Waals surface area contributed by atoms with Gasteiger partial charge >= 0.3 is 0 Å². The third-order valence-electron chi connectivity index (χ3n) is 3.64. The van der Waals surface area contributed by atoms with Crippen molar-refractivity contribution in [2.24, 2.45) is 4.99 Å². The van der Waals surface area contributed by atoms with Crippen molar-refractivity contribution >= 4 is 41.3 Å². The van der Waals surface area contributed by atoms with Gasteiger partial charge in [-0.25, -0.2) is 9.98 Å². The Hall–Kier alpha value is -1.15. The predicted octanol–water partition coefficient (Wildman–Crippen LogP) is 4.62. The number of benzene rings is 1. The first-order valence-electron chi connectivity index (χ1n) is 8.41. The molecule has 25 heavy (non-hydrogen) atoms. The summed E-state index contributed by atoms with van der Waals surface area (Å²) >= 11 is 1.72. The Kier molecular flexibility index (Phi) is 8.85. The van der Waals surface area contributed by atoms with Crippen molar-refractivity contribution in [3.05, 3.63) is 51.5 Å². The van der Waals surface area contributed by atoms with Crippen molar-refractivity contribution in [1.29, 1.82) is 0 Å². The maximum Gasteiger partial charge on any atom is 0.191 e. The molecule has 2 N–H and O–H groups in total. The molecule has 2 rings (SSSR count). The SMILES string of the molecule is CCNC(=NCc1ccccc1C)NCc1csc(C(C)(C)C)n1.I. The van der Waals surface area contributed by atoms with E-state index in [0.717, 1.165) is 18.2 Å². The van der Waals surface area contributed by atoms with Crippen molar-refractivity contribution in [2.75, 3.05) is 6.54 Å². The predicted molar refractivity (Wildman–Crippen MR) is 119 cm³/mol. The number of rotatable bonds is 5. The molecule has 138 valence electrons. The lowest BCUT2D eigenvalue weighted by molar-refractivity contribution is 0.582. The Bertz CT molecular complexity index is 689. The lowest BCUT2D eigenvalue weighted by atomic mass is 9.98. The molecule has 0 saturated carbocycles. The molecule has 0 radical (unpaired) electrons. The zero-order chi connectivity index (χ0) is 17.6. The lowest BCUT2D eigenvalue weighted by Crippen LogP contribution is -2.36. The molecule has 1 aromatic carbocycles. The maximum absolute atomic E-state index is 4.72. The average Bonchev–Trinajstić information content (AvgIpc) is 3.00. The minimum absolute atomic E-state index is 0. The fourth-order valence-corrected chi connectivity index (χ4v) is 3.11. The first-order valence-corrected chi connectivity index (χ1v) is 9.29. The molecule has 6 heteroatoms. The molecule has 0 aliphatic heterocycles. The van der Waals surface area contributed by atoms with Crippen LogP contribution in [0.4, 0.5) is 0 Å². The number of hydrogen-bond acceptors (Lipinski definition) is 3. The number of thiazole rings is 1. The van der Waals surface area contributed by atoms with Gasteiger partial charge in [0.1, 0.15) is 0 Å². The second-order valence-corrected chi connectivity index (χ2v) is 7.73. The van der Waals surface area contributed by atoms with Crippen LogP contribution in [0.25, 0.3) is 0 Å². The van der Waals surface area contributed by atoms with E-state index in [-0.39, 0.29) is 29.4 Å². The number of hydrogen-bond donors (Lipinski definition) is 2. The first-order chi connectivity index (χ1) is 11.4. The molecule has 1 heterocycles. The molecule has 0 aliphatic carbocycles. The highest BCUT2D eigenvalue weighted by Crippen LogP contribution is 2.25. The van der Waals surface area contributed by atoms with Crippen LogP contribution in [0.1, 0.15) is 49.5 Å². The van der Waals surface area contributed by atoms with Gasteiger partial charge in [-0.15, -0.1) is 35.3 Å². The van der Waals surface area contributed by atoms with Gasteiger partial charge in [-0.05, 0) is 25.0 Å². The van der Waals surface area contributed by atoms with Gasteiger partial charge in [-0.1, -0.05) is 45.0 Å². The normalized spacial score (nSPS) is 11.8. The zero-order valence-corrected chi connectivity index (χ0v) is 18.9. The van der Waals surface area contributed by atoms with Gasteiger partial charge in [0.2, 0.25) is 0 Å². The largest absolute Gasteiger partial charge is 0.357 e. The molecule has 0 unspecified atom stereocenters. The molecule has 2 aromatic rings. The lowest BCUT2D eigenvalue weighted by Gasteiger charge is -2.14. The van der Waals surface area contributed by atoms with E-state index >= 15 is 0 Å². The molecule has 0 bridgehead atoms. The Morgan fingerprint density at radius 1 is 1.20 bits per heavy atom. The Balaban J connectivity index is 0.00000312. The third-order valence-corrected chi connectivity index (χ3v) is 4.96. The summed E-state index contributed by atoms with van der Waals surface area (Å²) < 4.78 is 0. The third kappa shape index (κ3) is 6.93. The molecule has 0 saturated heterocycles. The van der Waals surface area contributed by atoms with E-state index in [1.54, 1.807) is 11.3 Å². The highest BCUT2D eigenvalue weighted by Gasteiger charge is 2.17. The number of aromatic nitrogens is 1. The van der Waals surface area contributed by atoms with Crippen molar-refractivity contribution in [3.63, 3.8) is 0 Å². The number of halogens is 1. The van der Waals surface area contributed by atoms with Gasteiger partial charge in [-0.2, -0.15) is 0 Å². The second-order valence-electron chi connectivity index (χ2n) is 6.87. The van der Waals surface area contributed by atoms with Gasteiger partial charge in [0.25, 0.3) is 0 Å². The average molecular weight is 472 g/mol. The van der Waals surface area contributed by atoms with E-state index in [1.807, 2.05) is 0 Å². The Morgan fingerprint density at radius 2 is 1.92 bits per heavy atom. The van der Waals surface area contributed by atoms with Crippen LogP contribution in [0.2, 0.25) is 0 Å². The number of nitrogens with one attached hydrogen (secondary N) is 2. The van der Waals surface area contributed by atoms with Crippen LogP contribution in [-0.2, 0) is 18.5 Å². The summed E-state index contributed by atoms with van der Waals surface area (Å²) in [4.78, 5) is 9.40. The van der Waals surface area contributed by atoms with Crippen LogP contribution >= 0.6 is 35.3 Å². The van der Waals surface area contributed by atoms with Crippen LogP contribution in [0.5, 0.6) is 0 Å². The van der Waals surface area contributed by atoms with E-state index < -0.39 is 0 Å². The van der Waals surface area contributed by atoms with Crippen molar-refractivity contribution in [1.82, 2.24) is 15.6 Å². The second kappa shape index (κ2) is 10.1. The summed E-state index contributed by atoms with van der Waals surface area (Å²) in [7, 11) is 0. The van der Waals surface area contributed by atoms with Crippen LogP contribution in [0, 0.1) is 6.92 Å². The van der Waals surface area contributed by atoms with Crippen molar-refractivity contribution < 1.29 is 0 Å². The fraction of sp³-hybridized carbons (Fsp3) is 0.474. The summed E-state index contributed by atoms with van der Waals surface area (Å²) in [6.45, 7) is 13.0. The smallest absolute Gasteiger partial charge is 0.191 e. The molecule has 0 aliphatic rings. The van der Waals surface area contributed by atoms with Crippen LogP contribution in [-0.4, -0.2) is 17.5 Å². The fourth-order valence-electron chi connectivity index (χ4n) is 2.20. The monoisotopic (exact) mass is 472 g/mol. The van der Waals surface area contributed by atoms with Gasteiger partial charge in [0, 0.05) is 17.3 Å².